The number of benzene rings is 2. The van der Waals surface area contributed by atoms with Gasteiger partial charge in [-0.25, -0.2) is 4.98 Å². The third kappa shape index (κ3) is 4.03. The summed E-state index contributed by atoms with van der Waals surface area (Å²) in [5.74, 6) is 1.51. The summed E-state index contributed by atoms with van der Waals surface area (Å²) in [5.41, 5.74) is 6.61. The van der Waals surface area contributed by atoms with Crippen molar-refractivity contribution in [2.24, 2.45) is 7.05 Å². The SMILES string of the molecule is CCCN(c1cc(OC)cc(OC)c1)c1ccc2ncc(-c3cnn(C)c3C)nc2c1. The van der Waals surface area contributed by atoms with Gasteiger partial charge in [0.2, 0.25) is 0 Å². The van der Waals surface area contributed by atoms with E-state index in [1.54, 1.807) is 14.2 Å². The second-order valence-electron chi connectivity index (χ2n) is 7.42. The Labute approximate surface area is 182 Å². The van der Waals surface area contributed by atoms with Gasteiger partial charge in [-0.3, -0.25) is 9.67 Å². The Morgan fingerprint density at radius 3 is 2.29 bits per heavy atom. The van der Waals surface area contributed by atoms with Crippen LogP contribution in [0.25, 0.3) is 22.3 Å². The molecule has 31 heavy (non-hydrogen) atoms. The molecule has 2 heterocycles. The molecule has 0 aliphatic carbocycles. The minimum atomic E-state index is 0.755. The highest BCUT2D eigenvalue weighted by atomic mass is 16.5. The van der Waals surface area contributed by atoms with E-state index in [0.717, 1.165) is 63.8 Å². The van der Waals surface area contributed by atoms with E-state index in [9.17, 15) is 0 Å². The van der Waals surface area contributed by atoms with Gasteiger partial charge < -0.3 is 14.4 Å². The largest absolute Gasteiger partial charge is 0.497 e. The highest BCUT2D eigenvalue weighted by Crippen LogP contribution is 2.34. The van der Waals surface area contributed by atoms with Gasteiger partial charge in [-0.1, -0.05) is 6.92 Å². The highest BCUT2D eigenvalue weighted by molar-refractivity contribution is 5.83. The fraction of sp³-hybridized carbons (Fsp3) is 0.292. The van der Waals surface area contributed by atoms with Crippen LogP contribution in [0.4, 0.5) is 11.4 Å². The van der Waals surface area contributed by atoms with Crippen LogP contribution in [0.5, 0.6) is 11.5 Å². The van der Waals surface area contributed by atoms with E-state index in [4.69, 9.17) is 14.5 Å². The maximum absolute atomic E-state index is 5.47. The average Bonchev–Trinajstić information content (AvgIpc) is 3.14. The van der Waals surface area contributed by atoms with E-state index < -0.39 is 0 Å². The van der Waals surface area contributed by atoms with Crippen molar-refractivity contribution in [2.75, 3.05) is 25.7 Å². The van der Waals surface area contributed by atoms with E-state index in [1.807, 2.05) is 55.3 Å². The van der Waals surface area contributed by atoms with E-state index in [0.29, 0.717) is 0 Å². The van der Waals surface area contributed by atoms with Gasteiger partial charge in [0.05, 0.1) is 43.3 Å². The van der Waals surface area contributed by atoms with Crippen molar-refractivity contribution in [3.63, 3.8) is 0 Å². The molecule has 0 N–H and O–H groups in total. The van der Waals surface area contributed by atoms with E-state index in [-0.39, 0.29) is 0 Å². The molecule has 0 unspecified atom stereocenters. The van der Waals surface area contributed by atoms with Crippen LogP contribution in [0.15, 0.2) is 48.8 Å². The summed E-state index contributed by atoms with van der Waals surface area (Å²) < 4.78 is 12.8. The first-order valence-electron chi connectivity index (χ1n) is 10.3. The van der Waals surface area contributed by atoms with E-state index in [2.05, 4.69) is 34.0 Å². The Morgan fingerprint density at radius 1 is 0.935 bits per heavy atom. The quantitative estimate of drug-likeness (QED) is 0.426. The average molecular weight is 418 g/mol. The molecule has 0 aliphatic rings. The second-order valence-corrected chi connectivity index (χ2v) is 7.42. The molecule has 0 amide bonds. The number of aromatic nitrogens is 4. The molecule has 0 spiro atoms. The minimum Gasteiger partial charge on any atom is -0.497 e. The van der Waals surface area contributed by atoms with Crippen LogP contribution in [0.1, 0.15) is 19.0 Å². The van der Waals surface area contributed by atoms with Crippen molar-refractivity contribution in [3.05, 3.63) is 54.5 Å². The van der Waals surface area contributed by atoms with Crippen LogP contribution >= 0.6 is 0 Å². The molecule has 0 saturated heterocycles. The summed E-state index contributed by atoms with van der Waals surface area (Å²) in [6.45, 7) is 5.04. The fourth-order valence-corrected chi connectivity index (χ4v) is 3.63. The lowest BCUT2D eigenvalue weighted by atomic mass is 10.1. The van der Waals surface area contributed by atoms with Crippen LogP contribution in [0.3, 0.4) is 0 Å². The van der Waals surface area contributed by atoms with Gasteiger partial charge in [-0.05, 0) is 31.5 Å². The van der Waals surface area contributed by atoms with Crippen LogP contribution in [-0.4, -0.2) is 40.5 Å². The molecule has 160 valence electrons. The van der Waals surface area contributed by atoms with Gasteiger partial charge in [-0.15, -0.1) is 0 Å². The van der Waals surface area contributed by atoms with Gasteiger partial charge in [0.1, 0.15) is 11.5 Å². The molecule has 7 nitrogen and oxygen atoms in total. The van der Waals surface area contributed by atoms with Crippen LogP contribution in [0, 0.1) is 6.92 Å². The summed E-state index contributed by atoms with van der Waals surface area (Å²) in [6, 6.07) is 12.1. The number of methoxy groups -OCH3 is 2. The van der Waals surface area contributed by atoms with E-state index >= 15 is 0 Å². The van der Waals surface area contributed by atoms with Gasteiger partial charge in [0.15, 0.2) is 0 Å². The van der Waals surface area contributed by atoms with Crippen molar-refractivity contribution in [2.45, 2.75) is 20.3 Å². The second kappa shape index (κ2) is 8.63. The molecule has 2 aromatic heterocycles. The molecule has 0 bridgehead atoms. The molecular formula is C24H27N5O2. The lowest BCUT2D eigenvalue weighted by Gasteiger charge is -2.25. The monoisotopic (exact) mass is 417 g/mol. The van der Waals surface area contributed by atoms with Crippen molar-refractivity contribution >= 4 is 22.4 Å². The Kier molecular flexibility index (Phi) is 5.75. The molecule has 2 aromatic carbocycles. The lowest BCUT2D eigenvalue weighted by Crippen LogP contribution is -2.18. The normalized spacial score (nSPS) is 11.0. The Balaban J connectivity index is 1.80. The summed E-state index contributed by atoms with van der Waals surface area (Å²) in [6.07, 6.45) is 4.63. The van der Waals surface area contributed by atoms with Crippen molar-refractivity contribution in [1.29, 1.82) is 0 Å². The molecule has 0 atom stereocenters. The van der Waals surface area contributed by atoms with Crippen molar-refractivity contribution in [3.8, 4) is 22.8 Å². The van der Waals surface area contributed by atoms with Gasteiger partial charge >= 0.3 is 0 Å². The number of fused-ring (bicyclic) bond motifs is 1. The predicted octanol–water partition coefficient (Wildman–Crippen LogP) is 4.90. The van der Waals surface area contributed by atoms with Crippen molar-refractivity contribution < 1.29 is 9.47 Å². The van der Waals surface area contributed by atoms with Crippen LogP contribution < -0.4 is 14.4 Å². The molecule has 7 heteroatoms. The number of rotatable bonds is 7. The maximum atomic E-state index is 5.47. The smallest absolute Gasteiger partial charge is 0.124 e. The first kappa shape index (κ1) is 20.7. The summed E-state index contributed by atoms with van der Waals surface area (Å²) in [4.78, 5) is 11.8. The molecule has 0 radical (unpaired) electrons. The standard InChI is InChI=1S/C24H27N5O2/c1-6-9-29(18-10-19(30-4)13-20(11-18)31-5)17-7-8-22-23(12-17)27-24(15-25-22)21-14-26-28(3)16(21)2/h7-8,10-15H,6,9H2,1-5H3. The summed E-state index contributed by atoms with van der Waals surface area (Å²) in [5, 5.41) is 4.33. The van der Waals surface area contributed by atoms with Crippen molar-refractivity contribution in [1.82, 2.24) is 19.7 Å². The Morgan fingerprint density at radius 2 is 1.68 bits per heavy atom. The minimum absolute atomic E-state index is 0.755. The topological polar surface area (TPSA) is 65.3 Å². The number of hydrogen-bond acceptors (Lipinski definition) is 6. The number of anilines is 2. The maximum Gasteiger partial charge on any atom is 0.124 e. The van der Waals surface area contributed by atoms with Crippen LogP contribution in [-0.2, 0) is 7.05 Å². The summed E-state index contributed by atoms with van der Waals surface area (Å²) >= 11 is 0. The zero-order chi connectivity index (χ0) is 22.0. The fourth-order valence-electron chi connectivity index (χ4n) is 3.63. The number of ether oxygens (including phenoxy) is 2. The molecule has 4 rings (SSSR count). The number of nitrogens with zero attached hydrogens (tertiary/aromatic N) is 5. The molecule has 0 fully saturated rings. The summed E-state index contributed by atoms with van der Waals surface area (Å²) in [7, 11) is 5.25. The molecular weight excluding hydrogens is 390 g/mol. The number of aryl methyl sites for hydroxylation is 1. The molecule has 0 aliphatic heterocycles. The molecule has 4 aromatic rings. The lowest BCUT2D eigenvalue weighted by molar-refractivity contribution is 0.394. The highest BCUT2D eigenvalue weighted by Gasteiger charge is 2.14. The Hall–Kier alpha value is -3.61. The molecule has 0 saturated carbocycles. The van der Waals surface area contributed by atoms with Gasteiger partial charge in [0.25, 0.3) is 0 Å². The third-order valence-electron chi connectivity index (χ3n) is 5.44. The zero-order valence-corrected chi connectivity index (χ0v) is 18.6. The zero-order valence-electron chi connectivity index (χ0n) is 18.6. The third-order valence-corrected chi connectivity index (χ3v) is 5.44. The predicted molar refractivity (Wildman–Crippen MR) is 123 cm³/mol. The van der Waals surface area contributed by atoms with E-state index in [1.165, 1.54) is 0 Å². The van der Waals surface area contributed by atoms with Gasteiger partial charge in [0, 0.05) is 54.4 Å². The van der Waals surface area contributed by atoms with Crippen LogP contribution in [0.2, 0.25) is 0 Å². The first-order valence-corrected chi connectivity index (χ1v) is 10.3. The first-order chi connectivity index (χ1) is 15.0. The Bertz CT molecular complexity index is 1200. The van der Waals surface area contributed by atoms with Gasteiger partial charge in [-0.2, -0.15) is 5.10 Å². The number of hydrogen-bond donors (Lipinski definition) is 0.